The molecule has 2 aliphatic heterocycles. The van der Waals surface area contributed by atoms with Crippen molar-refractivity contribution in [1.82, 2.24) is 10.2 Å². The van der Waals surface area contributed by atoms with Gasteiger partial charge in [0.05, 0.1) is 12.5 Å². The molecule has 1 N–H and O–H groups in total. The lowest BCUT2D eigenvalue weighted by Gasteiger charge is -2.23. The Morgan fingerprint density at radius 2 is 2.28 bits per heavy atom. The van der Waals surface area contributed by atoms with Crippen LogP contribution in [0.4, 0.5) is 0 Å². The molecule has 98 valence electrons. The van der Waals surface area contributed by atoms with E-state index in [4.69, 9.17) is 0 Å². The standard InChI is InChI=1S/C14H20N2OS/c1-2-10-5-6-11(18-10)8-16-9-13-12(14(16)17)4-3-7-15-13/h5-6,12-13,15H,2-4,7-9H2,1H3. The summed E-state index contributed by atoms with van der Waals surface area (Å²) in [4.78, 5) is 17.1. The molecular weight excluding hydrogens is 244 g/mol. The normalized spacial score (nSPS) is 27.6. The van der Waals surface area contributed by atoms with Gasteiger partial charge in [-0.15, -0.1) is 11.3 Å². The topological polar surface area (TPSA) is 32.3 Å². The van der Waals surface area contributed by atoms with Crippen LogP contribution in [0.25, 0.3) is 0 Å². The number of carbonyl (C=O) groups is 1. The molecule has 2 unspecified atom stereocenters. The van der Waals surface area contributed by atoms with E-state index in [1.54, 1.807) is 0 Å². The number of amides is 1. The van der Waals surface area contributed by atoms with Gasteiger partial charge in [0.1, 0.15) is 0 Å². The minimum Gasteiger partial charge on any atom is -0.336 e. The maximum absolute atomic E-state index is 12.3. The second kappa shape index (κ2) is 5.02. The van der Waals surface area contributed by atoms with Crippen LogP contribution in [0.2, 0.25) is 0 Å². The predicted octanol–water partition coefficient (Wildman–Crippen LogP) is 2.02. The van der Waals surface area contributed by atoms with Gasteiger partial charge in [-0.05, 0) is 37.9 Å². The molecule has 0 saturated carbocycles. The first-order valence-corrected chi connectivity index (χ1v) is 7.69. The Hall–Kier alpha value is -0.870. The lowest BCUT2D eigenvalue weighted by Crippen LogP contribution is -2.41. The van der Waals surface area contributed by atoms with Gasteiger partial charge in [0.15, 0.2) is 0 Å². The summed E-state index contributed by atoms with van der Waals surface area (Å²) in [6.45, 7) is 4.94. The summed E-state index contributed by atoms with van der Waals surface area (Å²) in [5.41, 5.74) is 0. The smallest absolute Gasteiger partial charge is 0.227 e. The van der Waals surface area contributed by atoms with Crippen LogP contribution in [0.3, 0.4) is 0 Å². The Morgan fingerprint density at radius 1 is 1.44 bits per heavy atom. The highest BCUT2D eigenvalue weighted by Gasteiger charge is 2.41. The molecule has 2 aliphatic rings. The van der Waals surface area contributed by atoms with Crippen molar-refractivity contribution >= 4 is 17.2 Å². The molecule has 1 aromatic rings. The van der Waals surface area contributed by atoms with Gasteiger partial charge in [-0.25, -0.2) is 0 Å². The fourth-order valence-corrected chi connectivity index (χ4v) is 4.00. The SMILES string of the molecule is CCc1ccc(CN2CC3NCCCC3C2=O)s1. The largest absolute Gasteiger partial charge is 0.336 e. The van der Waals surface area contributed by atoms with Crippen molar-refractivity contribution in [2.24, 2.45) is 5.92 Å². The molecule has 3 nitrogen and oxygen atoms in total. The van der Waals surface area contributed by atoms with E-state index in [9.17, 15) is 4.79 Å². The fraction of sp³-hybridized carbons (Fsp3) is 0.643. The minimum absolute atomic E-state index is 0.240. The first-order valence-electron chi connectivity index (χ1n) is 6.87. The molecule has 0 aliphatic carbocycles. The molecule has 0 bridgehead atoms. The molecule has 1 amide bonds. The van der Waals surface area contributed by atoms with Crippen molar-refractivity contribution in [3.63, 3.8) is 0 Å². The number of thiophene rings is 1. The number of fused-ring (bicyclic) bond motifs is 1. The van der Waals surface area contributed by atoms with Crippen LogP contribution >= 0.6 is 11.3 Å². The summed E-state index contributed by atoms with van der Waals surface area (Å²) in [7, 11) is 0. The van der Waals surface area contributed by atoms with Crippen LogP contribution in [-0.4, -0.2) is 29.9 Å². The van der Waals surface area contributed by atoms with Crippen molar-refractivity contribution in [3.8, 4) is 0 Å². The van der Waals surface area contributed by atoms with Crippen LogP contribution < -0.4 is 5.32 Å². The van der Waals surface area contributed by atoms with E-state index in [-0.39, 0.29) is 5.92 Å². The van der Waals surface area contributed by atoms with Crippen LogP contribution in [0.15, 0.2) is 12.1 Å². The molecule has 18 heavy (non-hydrogen) atoms. The van der Waals surface area contributed by atoms with Gasteiger partial charge in [0.25, 0.3) is 0 Å². The zero-order chi connectivity index (χ0) is 12.5. The molecule has 0 radical (unpaired) electrons. The van der Waals surface area contributed by atoms with Gasteiger partial charge in [-0.3, -0.25) is 4.79 Å². The van der Waals surface area contributed by atoms with Crippen LogP contribution in [0.5, 0.6) is 0 Å². The number of carbonyl (C=O) groups excluding carboxylic acids is 1. The molecular formula is C14H20N2OS. The number of hydrogen-bond donors (Lipinski definition) is 1. The lowest BCUT2D eigenvalue weighted by molar-refractivity contribution is -0.131. The third-order valence-corrected chi connectivity index (χ3v) is 5.26. The summed E-state index contributed by atoms with van der Waals surface area (Å²) in [5, 5.41) is 3.48. The molecule has 0 aromatic carbocycles. The molecule has 3 rings (SSSR count). The number of rotatable bonds is 3. The van der Waals surface area contributed by atoms with Crippen molar-refractivity contribution < 1.29 is 4.79 Å². The van der Waals surface area contributed by atoms with Crippen LogP contribution in [0, 0.1) is 5.92 Å². The number of hydrogen-bond acceptors (Lipinski definition) is 3. The minimum atomic E-state index is 0.240. The van der Waals surface area contributed by atoms with Crippen molar-refractivity contribution in [1.29, 1.82) is 0 Å². The van der Waals surface area contributed by atoms with Crippen molar-refractivity contribution in [2.45, 2.75) is 38.8 Å². The van der Waals surface area contributed by atoms with Gasteiger partial charge in [0.2, 0.25) is 5.91 Å². The highest BCUT2D eigenvalue weighted by Crippen LogP contribution is 2.28. The second-order valence-corrected chi connectivity index (χ2v) is 6.50. The van der Waals surface area contributed by atoms with E-state index >= 15 is 0 Å². The zero-order valence-electron chi connectivity index (χ0n) is 10.8. The van der Waals surface area contributed by atoms with Crippen LogP contribution in [0.1, 0.15) is 29.5 Å². The van der Waals surface area contributed by atoms with Gasteiger partial charge < -0.3 is 10.2 Å². The molecule has 4 heteroatoms. The van der Waals surface area contributed by atoms with E-state index in [2.05, 4.69) is 24.4 Å². The third-order valence-electron chi connectivity index (χ3n) is 4.04. The van der Waals surface area contributed by atoms with Gasteiger partial charge in [0, 0.05) is 22.3 Å². The van der Waals surface area contributed by atoms with Crippen molar-refractivity contribution in [2.75, 3.05) is 13.1 Å². The molecule has 0 spiro atoms. The summed E-state index contributed by atoms with van der Waals surface area (Å²) in [6, 6.07) is 4.76. The van der Waals surface area contributed by atoms with Crippen molar-refractivity contribution in [3.05, 3.63) is 21.9 Å². The first-order chi connectivity index (χ1) is 8.78. The monoisotopic (exact) mass is 264 g/mol. The summed E-state index contributed by atoms with van der Waals surface area (Å²) < 4.78 is 0. The van der Waals surface area contributed by atoms with E-state index in [0.29, 0.717) is 11.9 Å². The van der Waals surface area contributed by atoms with E-state index in [0.717, 1.165) is 38.9 Å². The quantitative estimate of drug-likeness (QED) is 0.906. The lowest BCUT2D eigenvalue weighted by atomic mass is 9.94. The van der Waals surface area contributed by atoms with Gasteiger partial charge in [-0.2, -0.15) is 0 Å². The molecule has 2 fully saturated rings. The van der Waals surface area contributed by atoms with Crippen LogP contribution in [-0.2, 0) is 17.8 Å². The van der Waals surface area contributed by atoms with Gasteiger partial charge in [-0.1, -0.05) is 6.92 Å². The Bertz CT molecular complexity index is 443. The number of aryl methyl sites for hydroxylation is 1. The van der Waals surface area contributed by atoms with E-state index < -0.39 is 0 Å². The average Bonchev–Trinajstić information content (AvgIpc) is 2.97. The summed E-state index contributed by atoms with van der Waals surface area (Å²) >= 11 is 1.84. The maximum Gasteiger partial charge on any atom is 0.227 e. The number of likely N-dealkylation sites (tertiary alicyclic amines) is 1. The summed E-state index contributed by atoms with van der Waals surface area (Å²) in [6.07, 6.45) is 3.29. The number of nitrogens with one attached hydrogen (secondary N) is 1. The Labute approximate surface area is 112 Å². The highest BCUT2D eigenvalue weighted by atomic mass is 32.1. The molecule has 2 atom stereocenters. The van der Waals surface area contributed by atoms with E-state index in [1.807, 2.05) is 16.2 Å². The fourth-order valence-electron chi connectivity index (χ4n) is 3.03. The van der Waals surface area contributed by atoms with E-state index in [1.165, 1.54) is 9.75 Å². The average molecular weight is 264 g/mol. The Kier molecular flexibility index (Phi) is 3.39. The molecule has 2 saturated heterocycles. The molecule has 1 aromatic heterocycles. The number of piperidine rings is 1. The Morgan fingerprint density at radius 3 is 3.00 bits per heavy atom. The zero-order valence-corrected chi connectivity index (χ0v) is 11.6. The third kappa shape index (κ3) is 2.19. The predicted molar refractivity (Wildman–Crippen MR) is 73.6 cm³/mol. The summed E-state index contributed by atoms with van der Waals surface area (Å²) in [5.74, 6) is 0.600. The number of nitrogens with zero attached hydrogens (tertiary/aromatic N) is 1. The van der Waals surface area contributed by atoms with Gasteiger partial charge >= 0.3 is 0 Å². The Balaban J connectivity index is 1.68. The maximum atomic E-state index is 12.3. The first kappa shape index (κ1) is 12.2. The molecule has 3 heterocycles. The second-order valence-electron chi connectivity index (χ2n) is 5.25. The highest BCUT2D eigenvalue weighted by molar-refractivity contribution is 7.11.